The Labute approximate surface area is 248 Å². The fourth-order valence-electron chi connectivity index (χ4n) is 8.01. The average Bonchev–Trinajstić information content (AvgIpc) is 3.60. The first kappa shape index (κ1) is 30.2. The predicted octanol–water partition coefficient (Wildman–Crippen LogP) is 5.21. The molecule has 0 saturated heterocycles. The molecule has 5 rings (SSSR count). The molecule has 2 amide bonds. The number of nitrogens with one attached hydrogen (secondary N) is 2. The highest BCUT2D eigenvalue weighted by Crippen LogP contribution is 2.49. The minimum Gasteiger partial charge on any atom is -0.496 e. The van der Waals surface area contributed by atoms with E-state index in [4.69, 9.17) is 9.47 Å². The fraction of sp³-hybridized carbons (Fsp3) is 0.697. The zero-order chi connectivity index (χ0) is 30.0. The van der Waals surface area contributed by atoms with E-state index in [1.54, 1.807) is 13.0 Å². The molecule has 0 unspecified atom stereocenters. The first-order valence-corrected chi connectivity index (χ1v) is 15.8. The molecule has 4 aliphatic rings. The molecule has 4 fully saturated rings. The summed E-state index contributed by atoms with van der Waals surface area (Å²) in [6.07, 6.45) is 10.8. The maximum Gasteiger partial charge on any atom is 0.309 e. The summed E-state index contributed by atoms with van der Waals surface area (Å²) >= 11 is 0. The van der Waals surface area contributed by atoms with Gasteiger partial charge in [-0.05, 0) is 95.5 Å². The van der Waals surface area contributed by atoms with E-state index in [0.29, 0.717) is 31.6 Å². The van der Waals surface area contributed by atoms with E-state index >= 15 is 0 Å². The molecule has 1 aromatic rings. The van der Waals surface area contributed by atoms with E-state index in [1.807, 2.05) is 0 Å². The molecule has 3 N–H and O–H groups in total. The maximum atomic E-state index is 13.8. The van der Waals surface area contributed by atoms with Crippen LogP contribution in [0.5, 0.6) is 11.5 Å². The third-order valence-corrected chi connectivity index (χ3v) is 10.8. The third-order valence-electron chi connectivity index (χ3n) is 10.8. The van der Waals surface area contributed by atoms with Crippen molar-refractivity contribution in [2.24, 2.45) is 29.1 Å². The number of nitrogens with zero attached hydrogens (tertiary/aromatic N) is 1. The fourth-order valence-corrected chi connectivity index (χ4v) is 8.01. The van der Waals surface area contributed by atoms with Gasteiger partial charge in [0.1, 0.15) is 17.6 Å². The number of carbonyl (C=O) groups is 3. The molecule has 228 valence electrons. The van der Waals surface area contributed by atoms with Crippen LogP contribution in [-0.2, 0) is 9.59 Å². The monoisotopic (exact) mass is 579 g/mol. The molecule has 0 radical (unpaired) electrons. The van der Waals surface area contributed by atoms with Crippen molar-refractivity contribution in [1.29, 1.82) is 5.26 Å². The van der Waals surface area contributed by atoms with Gasteiger partial charge in [-0.25, -0.2) is 0 Å². The molecular weight excluding hydrogens is 534 g/mol. The minimum absolute atomic E-state index is 0.0482. The highest BCUT2D eigenvalue weighted by Gasteiger charge is 2.52. The molecule has 9 nitrogen and oxygen atoms in total. The highest BCUT2D eigenvalue weighted by atomic mass is 16.5. The van der Waals surface area contributed by atoms with Crippen molar-refractivity contribution >= 4 is 17.8 Å². The lowest BCUT2D eigenvalue weighted by atomic mass is 9.75. The van der Waals surface area contributed by atoms with E-state index in [9.17, 15) is 24.8 Å². The molecule has 4 aliphatic carbocycles. The van der Waals surface area contributed by atoms with Crippen LogP contribution in [0.1, 0.15) is 107 Å². The zero-order valence-electron chi connectivity index (χ0n) is 25.1. The number of hydrogen-bond acceptors (Lipinski definition) is 6. The topological polar surface area (TPSA) is 138 Å². The number of carbonyl (C=O) groups excluding carboxylic acids is 2. The van der Waals surface area contributed by atoms with Crippen molar-refractivity contribution in [3.8, 4) is 17.6 Å². The SMILES string of the molecule is COc1cc(C#N)c(OC2CCC(C)(C(=O)O)CC2)cc1C(=O)N[C@@H]1[C@H]2CC[C@H](C2)[C@@H]1C(=O)N[C@H](C)C1CCCCC1. The maximum absolute atomic E-state index is 13.8. The van der Waals surface area contributed by atoms with Crippen LogP contribution in [0.3, 0.4) is 0 Å². The molecular formula is C33H45N3O6. The van der Waals surface area contributed by atoms with Crippen molar-refractivity contribution in [2.45, 2.75) is 109 Å². The van der Waals surface area contributed by atoms with E-state index in [0.717, 1.165) is 32.1 Å². The highest BCUT2D eigenvalue weighted by molar-refractivity contribution is 5.98. The summed E-state index contributed by atoms with van der Waals surface area (Å²) in [5, 5.41) is 25.9. The molecule has 4 saturated carbocycles. The van der Waals surface area contributed by atoms with Gasteiger partial charge in [0, 0.05) is 18.2 Å². The van der Waals surface area contributed by atoms with Crippen LogP contribution in [0.25, 0.3) is 0 Å². The van der Waals surface area contributed by atoms with Gasteiger partial charge in [-0.2, -0.15) is 5.26 Å². The Hall–Kier alpha value is -3.28. The van der Waals surface area contributed by atoms with E-state index in [-0.39, 0.29) is 70.4 Å². The minimum atomic E-state index is -0.807. The number of ether oxygens (including phenoxy) is 2. The number of methoxy groups -OCH3 is 1. The number of carboxylic acids is 1. The van der Waals surface area contributed by atoms with Crippen LogP contribution in [-0.4, -0.2) is 48.2 Å². The standard InChI is InChI=1S/C33H45N3O6/c1-19(20-7-5-4-6-8-20)35-31(38)28-21-9-10-22(15-21)29(28)36-30(37)25-17-26(23(18-34)16-27(25)41-3)42-24-11-13-33(2,14-12-24)32(39)40/h16-17,19-22,24,28-29H,4-15H2,1-3H3,(H,35,38)(H,36,37)(H,39,40)/t19-,21-,22+,24?,28+,29-,33?/m1/s1. The number of hydrogen-bond donors (Lipinski definition) is 3. The van der Waals surface area contributed by atoms with Crippen molar-refractivity contribution in [3.63, 3.8) is 0 Å². The van der Waals surface area contributed by atoms with Crippen molar-refractivity contribution in [3.05, 3.63) is 23.3 Å². The Bertz CT molecular complexity index is 1230. The summed E-state index contributed by atoms with van der Waals surface area (Å²) in [7, 11) is 1.46. The van der Waals surface area contributed by atoms with Crippen LogP contribution in [0, 0.1) is 40.4 Å². The molecule has 0 spiro atoms. The number of carboxylic acid groups (broad SMARTS) is 1. The summed E-state index contributed by atoms with van der Waals surface area (Å²) in [5.41, 5.74) is -0.264. The molecule has 9 heteroatoms. The summed E-state index contributed by atoms with van der Waals surface area (Å²) < 4.78 is 11.7. The third kappa shape index (κ3) is 6.09. The zero-order valence-corrected chi connectivity index (χ0v) is 25.1. The van der Waals surface area contributed by atoms with Crippen LogP contribution in [0.15, 0.2) is 12.1 Å². The Morgan fingerprint density at radius 1 is 1.02 bits per heavy atom. The second-order valence-electron chi connectivity index (χ2n) is 13.4. The lowest BCUT2D eigenvalue weighted by Crippen LogP contribution is -2.52. The van der Waals surface area contributed by atoms with Gasteiger partial charge < -0.3 is 25.2 Å². The predicted molar refractivity (Wildman–Crippen MR) is 156 cm³/mol. The van der Waals surface area contributed by atoms with Gasteiger partial charge in [-0.3, -0.25) is 14.4 Å². The Morgan fingerprint density at radius 3 is 2.36 bits per heavy atom. The number of aliphatic carboxylic acids is 1. The van der Waals surface area contributed by atoms with Crippen molar-refractivity contribution in [2.75, 3.05) is 7.11 Å². The van der Waals surface area contributed by atoms with Crippen LogP contribution in [0.2, 0.25) is 0 Å². The van der Waals surface area contributed by atoms with Gasteiger partial charge in [0.25, 0.3) is 5.91 Å². The van der Waals surface area contributed by atoms with Gasteiger partial charge in [-0.15, -0.1) is 0 Å². The molecule has 0 aliphatic heterocycles. The van der Waals surface area contributed by atoms with E-state index in [2.05, 4.69) is 23.6 Å². The number of rotatable bonds is 9. The van der Waals surface area contributed by atoms with Crippen LogP contribution >= 0.6 is 0 Å². The van der Waals surface area contributed by atoms with Crippen molar-refractivity contribution < 1.29 is 29.0 Å². The van der Waals surface area contributed by atoms with Crippen LogP contribution in [0.4, 0.5) is 0 Å². The molecule has 2 bridgehead atoms. The second-order valence-corrected chi connectivity index (χ2v) is 13.4. The lowest BCUT2D eigenvalue weighted by molar-refractivity contribution is -0.150. The van der Waals surface area contributed by atoms with Gasteiger partial charge in [-0.1, -0.05) is 19.3 Å². The Balaban J connectivity index is 1.30. The number of fused-ring (bicyclic) bond motifs is 2. The summed E-state index contributed by atoms with van der Waals surface area (Å²) in [6.45, 7) is 3.87. The van der Waals surface area contributed by atoms with E-state index in [1.165, 1.54) is 32.4 Å². The van der Waals surface area contributed by atoms with Gasteiger partial charge >= 0.3 is 5.97 Å². The molecule has 0 aromatic heterocycles. The Kier molecular flexibility index (Phi) is 9.00. The number of nitriles is 1. The van der Waals surface area contributed by atoms with Crippen molar-refractivity contribution in [1.82, 2.24) is 10.6 Å². The van der Waals surface area contributed by atoms with Crippen LogP contribution < -0.4 is 20.1 Å². The van der Waals surface area contributed by atoms with Gasteiger partial charge in [0.2, 0.25) is 5.91 Å². The normalized spacial score (nSPS) is 31.5. The second kappa shape index (κ2) is 12.5. The molecule has 5 atom stereocenters. The average molecular weight is 580 g/mol. The smallest absolute Gasteiger partial charge is 0.309 e. The first-order chi connectivity index (χ1) is 20.1. The first-order valence-electron chi connectivity index (χ1n) is 15.8. The summed E-state index contributed by atoms with van der Waals surface area (Å²) in [6, 6.07) is 5.09. The summed E-state index contributed by atoms with van der Waals surface area (Å²) in [4.78, 5) is 39.0. The van der Waals surface area contributed by atoms with Gasteiger partial charge in [0.05, 0.1) is 35.7 Å². The largest absolute Gasteiger partial charge is 0.496 e. The Morgan fingerprint density at radius 2 is 1.71 bits per heavy atom. The summed E-state index contributed by atoms with van der Waals surface area (Å²) in [5.74, 6) is 0.227. The molecule has 42 heavy (non-hydrogen) atoms. The molecule has 1 aromatic carbocycles. The number of benzene rings is 1. The quantitative estimate of drug-likeness (QED) is 0.365. The van der Waals surface area contributed by atoms with E-state index < -0.39 is 11.4 Å². The number of amides is 2. The molecule has 0 heterocycles. The van der Waals surface area contributed by atoms with Gasteiger partial charge in [0.15, 0.2) is 0 Å². The lowest BCUT2D eigenvalue weighted by Gasteiger charge is -2.34.